The molecule has 1 aliphatic rings. The molecule has 1 rings (SSSR count). The summed E-state index contributed by atoms with van der Waals surface area (Å²) in [7, 11) is 0. The van der Waals surface area contributed by atoms with Gasteiger partial charge in [0.25, 0.3) is 0 Å². The molecule has 54 valence electrons. The fraction of sp³-hybridized carbons (Fsp3) is 0.400. The van der Waals surface area contributed by atoms with E-state index in [1.807, 2.05) is 6.08 Å². The van der Waals surface area contributed by atoms with Crippen molar-refractivity contribution < 1.29 is 0 Å². The van der Waals surface area contributed by atoms with Gasteiger partial charge >= 0.3 is 0 Å². The summed E-state index contributed by atoms with van der Waals surface area (Å²) >= 11 is 0. The maximum atomic E-state index is 3.74. The van der Waals surface area contributed by atoms with Crippen LogP contribution in [0.4, 0.5) is 0 Å². The summed E-state index contributed by atoms with van der Waals surface area (Å²) in [6.45, 7) is 5.95. The van der Waals surface area contributed by atoms with Crippen LogP contribution in [0, 0.1) is 0 Å². The standard InChI is InChI=1S/C10H14/c1-3-5-10-7-6-9(4-2)8-10/h4,6-7H,2-3,5,8H2,1H3. The van der Waals surface area contributed by atoms with Gasteiger partial charge in [0.05, 0.1) is 0 Å². The zero-order valence-corrected chi connectivity index (χ0v) is 6.56. The minimum Gasteiger partial charge on any atom is -0.0988 e. The van der Waals surface area contributed by atoms with Gasteiger partial charge in [-0.3, -0.25) is 0 Å². The van der Waals surface area contributed by atoms with E-state index in [0.29, 0.717) is 0 Å². The number of allylic oxidation sites excluding steroid dienone is 5. The van der Waals surface area contributed by atoms with Crippen molar-refractivity contribution in [1.29, 1.82) is 0 Å². The van der Waals surface area contributed by atoms with Crippen LogP contribution in [0.2, 0.25) is 0 Å². The summed E-state index contributed by atoms with van der Waals surface area (Å²) in [5.41, 5.74) is 2.92. The molecule has 0 unspecified atom stereocenters. The van der Waals surface area contributed by atoms with Crippen molar-refractivity contribution in [3.05, 3.63) is 36.0 Å². The molecule has 0 saturated carbocycles. The highest BCUT2D eigenvalue weighted by molar-refractivity contribution is 5.35. The third-order valence-corrected chi connectivity index (χ3v) is 1.80. The van der Waals surface area contributed by atoms with Crippen molar-refractivity contribution in [2.24, 2.45) is 0 Å². The van der Waals surface area contributed by atoms with Crippen LogP contribution in [0.3, 0.4) is 0 Å². The second-order valence-electron chi connectivity index (χ2n) is 2.70. The number of hydrogen-bond donors (Lipinski definition) is 0. The first kappa shape index (κ1) is 7.33. The summed E-state index contributed by atoms with van der Waals surface area (Å²) < 4.78 is 0. The minimum absolute atomic E-state index is 1.14. The lowest BCUT2D eigenvalue weighted by Crippen LogP contribution is -1.78. The second kappa shape index (κ2) is 3.40. The lowest BCUT2D eigenvalue weighted by atomic mass is 10.1. The molecule has 10 heavy (non-hydrogen) atoms. The van der Waals surface area contributed by atoms with Gasteiger partial charge in [-0.2, -0.15) is 0 Å². The zero-order valence-electron chi connectivity index (χ0n) is 6.56. The van der Waals surface area contributed by atoms with E-state index in [1.54, 1.807) is 5.57 Å². The van der Waals surface area contributed by atoms with Crippen LogP contribution in [0.15, 0.2) is 36.0 Å². The van der Waals surface area contributed by atoms with Crippen molar-refractivity contribution in [2.75, 3.05) is 0 Å². The largest absolute Gasteiger partial charge is 0.0988 e. The van der Waals surface area contributed by atoms with Crippen LogP contribution < -0.4 is 0 Å². The van der Waals surface area contributed by atoms with Crippen LogP contribution in [0.5, 0.6) is 0 Å². The van der Waals surface area contributed by atoms with Gasteiger partial charge in [-0.25, -0.2) is 0 Å². The van der Waals surface area contributed by atoms with Gasteiger partial charge in [-0.15, -0.1) is 0 Å². The fourth-order valence-corrected chi connectivity index (χ4v) is 1.24. The molecular formula is C10H14. The molecule has 0 heterocycles. The minimum atomic E-state index is 1.14. The SMILES string of the molecule is C=CC1=CC=C(CCC)C1. The van der Waals surface area contributed by atoms with Crippen LogP contribution in [0.25, 0.3) is 0 Å². The van der Waals surface area contributed by atoms with E-state index < -0.39 is 0 Å². The van der Waals surface area contributed by atoms with Gasteiger partial charge in [-0.1, -0.05) is 43.7 Å². The Labute approximate surface area is 62.9 Å². The fourth-order valence-electron chi connectivity index (χ4n) is 1.24. The Morgan fingerprint density at radius 1 is 1.60 bits per heavy atom. The van der Waals surface area contributed by atoms with Gasteiger partial charge < -0.3 is 0 Å². The first-order valence-electron chi connectivity index (χ1n) is 3.88. The highest BCUT2D eigenvalue weighted by Gasteiger charge is 2.02. The van der Waals surface area contributed by atoms with Crippen molar-refractivity contribution in [3.8, 4) is 0 Å². The van der Waals surface area contributed by atoms with Gasteiger partial charge in [0.2, 0.25) is 0 Å². The molecule has 0 bridgehead atoms. The van der Waals surface area contributed by atoms with E-state index in [0.717, 1.165) is 6.42 Å². The smallest absolute Gasteiger partial charge is 0.00642 e. The van der Waals surface area contributed by atoms with Crippen molar-refractivity contribution in [3.63, 3.8) is 0 Å². The number of rotatable bonds is 3. The Kier molecular flexibility index (Phi) is 2.49. The van der Waals surface area contributed by atoms with Crippen molar-refractivity contribution in [1.82, 2.24) is 0 Å². The van der Waals surface area contributed by atoms with E-state index >= 15 is 0 Å². The molecule has 0 aromatic carbocycles. The first-order chi connectivity index (χ1) is 4.86. The lowest BCUT2D eigenvalue weighted by molar-refractivity contribution is 0.881. The monoisotopic (exact) mass is 134 g/mol. The molecule has 0 atom stereocenters. The number of hydrogen-bond acceptors (Lipinski definition) is 0. The first-order valence-corrected chi connectivity index (χ1v) is 3.88. The van der Waals surface area contributed by atoms with E-state index in [2.05, 4.69) is 25.7 Å². The molecule has 0 N–H and O–H groups in total. The van der Waals surface area contributed by atoms with E-state index in [-0.39, 0.29) is 0 Å². The maximum absolute atomic E-state index is 3.74. The summed E-state index contributed by atoms with van der Waals surface area (Å²) in [6.07, 6.45) is 9.97. The summed E-state index contributed by atoms with van der Waals surface area (Å²) in [6, 6.07) is 0. The molecule has 0 aromatic heterocycles. The Bertz CT molecular complexity index is 182. The third kappa shape index (κ3) is 1.60. The highest BCUT2D eigenvalue weighted by atomic mass is 14.1. The molecule has 1 aliphatic carbocycles. The zero-order chi connectivity index (χ0) is 7.40. The van der Waals surface area contributed by atoms with Crippen LogP contribution in [-0.4, -0.2) is 0 Å². The Morgan fingerprint density at radius 2 is 2.40 bits per heavy atom. The Hall–Kier alpha value is -0.780. The molecule has 0 aromatic rings. The molecule has 0 fully saturated rings. The van der Waals surface area contributed by atoms with Gasteiger partial charge in [-0.05, 0) is 18.4 Å². The summed E-state index contributed by atoms with van der Waals surface area (Å²) in [4.78, 5) is 0. The van der Waals surface area contributed by atoms with Crippen LogP contribution in [0.1, 0.15) is 26.2 Å². The van der Waals surface area contributed by atoms with Crippen molar-refractivity contribution in [2.45, 2.75) is 26.2 Å². The molecule has 0 aliphatic heterocycles. The molecule has 0 nitrogen and oxygen atoms in total. The van der Waals surface area contributed by atoms with E-state index in [9.17, 15) is 0 Å². The van der Waals surface area contributed by atoms with Gasteiger partial charge in [0.1, 0.15) is 0 Å². The molecular weight excluding hydrogens is 120 g/mol. The molecule has 0 radical (unpaired) electrons. The summed E-state index contributed by atoms with van der Waals surface area (Å²) in [5.74, 6) is 0. The average molecular weight is 134 g/mol. The van der Waals surface area contributed by atoms with E-state index in [1.165, 1.54) is 18.4 Å². The lowest BCUT2D eigenvalue weighted by Gasteiger charge is -1.97. The third-order valence-electron chi connectivity index (χ3n) is 1.80. The average Bonchev–Trinajstić information content (AvgIpc) is 2.37. The maximum Gasteiger partial charge on any atom is -0.00642 e. The second-order valence-corrected chi connectivity index (χ2v) is 2.70. The van der Waals surface area contributed by atoms with Gasteiger partial charge in [0.15, 0.2) is 0 Å². The van der Waals surface area contributed by atoms with Crippen molar-refractivity contribution >= 4 is 0 Å². The van der Waals surface area contributed by atoms with E-state index in [4.69, 9.17) is 0 Å². The predicted octanol–water partition coefficient (Wildman–Crippen LogP) is 3.23. The topological polar surface area (TPSA) is 0 Å². The highest BCUT2D eigenvalue weighted by Crippen LogP contribution is 2.22. The van der Waals surface area contributed by atoms with Crippen LogP contribution >= 0.6 is 0 Å². The van der Waals surface area contributed by atoms with Crippen LogP contribution in [-0.2, 0) is 0 Å². The normalized spacial score (nSPS) is 16.5. The van der Waals surface area contributed by atoms with Gasteiger partial charge in [0, 0.05) is 0 Å². The molecule has 0 spiro atoms. The molecule has 0 amide bonds. The molecule has 0 saturated heterocycles. The summed E-state index contributed by atoms with van der Waals surface area (Å²) in [5, 5.41) is 0. The quantitative estimate of drug-likeness (QED) is 0.556. The predicted molar refractivity (Wildman–Crippen MR) is 45.9 cm³/mol. The Balaban J connectivity index is 2.40. The Morgan fingerprint density at radius 3 is 2.90 bits per heavy atom. The molecule has 0 heteroatoms.